The first-order valence-corrected chi connectivity index (χ1v) is 8.34. The van der Waals surface area contributed by atoms with Crippen molar-refractivity contribution in [3.63, 3.8) is 0 Å². The highest BCUT2D eigenvalue weighted by atomic mass is 16.2. The van der Waals surface area contributed by atoms with Gasteiger partial charge in [0.1, 0.15) is 0 Å². The molecule has 0 spiro atoms. The van der Waals surface area contributed by atoms with Crippen LogP contribution in [0.1, 0.15) is 43.5 Å². The third-order valence-corrected chi connectivity index (χ3v) is 4.42. The summed E-state index contributed by atoms with van der Waals surface area (Å²) in [7, 11) is 1.84. The van der Waals surface area contributed by atoms with Crippen molar-refractivity contribution in [3.8, 4) is 0 Å². The van der Waals surface area contributed by atoms with E-state index < -0.39 is 0 Å². The Morgan fingerprint density at radius 3 is 2.65 bits per heavy atom. The van der Waals surface area contributed by atoms with E-state index in [0.717, 1.165) is 13.0 Å². The van der Waals surface area contributed by atoms with E-state index >= 15 is 0 Å². The highest BCUT2D eigenvalue weighted by molar-refractivity contribution is 5.96. The summed E-state index contributed by atoms with van der Waals surface area (Å²) in [6.07, 6.45) is 3.55. The lowest BCUT2D eigenvalue weighted by molar-refractivity contribution is -0.114. The van der Waals surface area contributed by atoms with E-state index in [1.807, 2.05) is 7.05 Å². The van der Waals surface area contributed by atoms with Crippen molar-refractivity contribution in [1.29, 1.82) is 0 Å². The van der Waals surface area contributed by atoms with Crippen molar-refractivity contribution in [3.05, 3.63) is 29.8 Å². The number of hydrogen-bond acceptors (Lipinski definition) is 3. The summed E-state index contributed by atoms with van der Waals surface area (Å²) in [5.41, 5.74) is 1.26. The molecule has 1 aromatic carbocycles. The number of hydrogen-bond donors (Lipinski definition) is 1. The molecule has 0 saturated carbocycles. The zero-order valence-corrected chi connectivity index (χ0v) is 14.3. The maximum Gasteiger partial charge on any atom is 0.253 e. The average molecular weight is 317 g/mol. The van der Waals surface area contributed by atoms with Crippen molar-refractivity contribution in [2.75, 3.05) is 32.0 Å². The maximum atomic E-state index is 12.5. The first-order chi connectivity index (χ1) is 11.0. The molecule has 23 heavy (non-hydrogen) atoms. The Morgan fingerprint density at radius 2 is 2.00 bits per heavy atom. The van der Waals surface area contributed by atoms with Crippen LogP contribution in [-0.2, 0) is 4.79 Å². The quantitative estimate of drug-likeness (QED) is 0.877. The molecule has 1 atom stereocenters. The molecule has 1 aromatic rings. The molecule has 0 bridgehead atoms. The third-order valence-electron chi connectivity index (χ3n) is 4.42. The second kappa shape index (κ2) is 8.11. The van der Waals surface area contributed by atoms with Crippen LogP contribution in [0.4, 0.5) is 5.69 Å². The number of carbonyl (C=O) groups excluding carboxylic acids is 2. The molecule has 2 rings (SSSR count). The molecule has 1 aliphatic heterocycles. The molecular formula is C18H27N3O2. The first-order valence-electron chi connectivity index (χ1n) is 8.34. The maximum absolute atomic E-state index is 12.5. The van der Waals surface area contributed by atoms with Crippen LogP contribution < -0.4 is 5.32 Å². The Kier molecular flexibility index (Phi) is 6.16. The second-order valence-corrected chi connectivity index (χ2v) is 6.37. The molecule has 1 saturated heterocycles. The minimum absolute atomic E-state index is 0.00850. The number of anilines is 1. The predicted octanol–water partition coefficient (Wildman–Crippen LogP) is 2.59. The number of carbonyl (C=O) groups is 2. The van der Waals surface area contributed by atoms with Crippen molar-refractivity contribution in [2.45, 2.75) is 39.2 Å². The van der Waals surface area contributed by atoms with Crippen LogP contribution >= 0.6 is 0 Å². The lowest BCUT2D eigenvalue weighted by Crippen LogP contribution is -2.35. The van der Waals surface area contributed by atoms with Crippen LogP contribution in [0.3, 0.4) is 0 Å². The molecule has 1 heterocycles. The summed E-state index contributed by atoms with van der Waals surface area (Å²) in [6.45, 7) is 6.79. The second-order valence-electron chi connectivity index (χ2n) is 6.37. The number of amides is 2. The Hall–Kier alpha value is -1.88. The van der Waals surface area contributed by atoms with E-state index in [4.69, 9.17) is 0 Å². The molecule has 0 unspecified atom stereocenters. The van der Waals surface area contributed by atoms with Crippen LogP contribution in [-0.4, -0.2) is 54.3 Å². The minimum atomic E-state index is -0.137. The van der Waals surface area contributed by atoms with E-state index in [1.165, 1.54) is 32.9 Å². The molecule has 1 fully saturated rings. The molecule has 0 aliphatic carbocycles. The van der Waals surface area contributed by atoms with Gasteiger partial charge in [-0.25, -0.2) is 0 Å². The van der Waals surface area contributed by atoms with Crippen LogP contribution in [0.15, 0.2) is 24.3 Å². The average Bonchev–Trinajstić information content (AvgIpc) is 3.05. The number of rotatable bonds is 6. The van der Waals surface area contributed by atoms with Gasteiger partial charge in [0.25, 0.3) is 5.91 Å². The van der Waals surface area contributed by atoms with Crippen LogP contribution in [0.2, 0.25) is 0 Å². The zero-order valence-electron chi connectivity index (χ0n) is 14.3. The lowest BCUT2D eigenvalue weighted by atomic mass is 10.1. The van der Waals surface area contributed by atoms with E-state index in [0.29, 0.717) is 17.3 Å². The Labute approximate surface area is 138 Å². The van der Waals surface area contributed by atoms with Gasteiger partial charge in [-0.1, -0.05) is 6.07 Å². The van der Waals surface area contributed by atoms with Gasteiger partial charge in [-0.2, -0.15) is 0 Å². The summed E-state index contributed by atoms with van der Waals surface area (Å²) in [6, 6.07) is 7.60. The van der Waals surface area contributed by atoms with Crippen molar-refractivity contribution in [1.82, 2.24) is 9.80 Å². The van der Waals surface area contributed by atoms with E-state index in [9.17, 15) is 9.59 Å². The van der Waals surface area contributed by atoms with Crippen LogP contribution in [0.25, 0.3) is 0 Å². The summed E-state index contributed by atoms with van der Waals surface area (Å²) in [5.74, 6) is -0.145. The van der Waals surface area contributed by atoms with Gasteiger partial charge in [0.2, 0.25) is 5.91 Å². The van der Waals surface area contributed by atoms with E-state index in [-0.39, 0.29) is 11.8 Å². The molecule has 126 valence electrons. The van der Waals surface area contributed by atoms with Crippen molar-refractivity contribution in [2.24, 2.45) is 0 Å². The van der Waals surface area contributed by atoms with Gasteiger partial charge >= 0.3 is 0 Å². The predicted molar refractivity (Wildman–Crippen MR) is 92.6 cm³/mol. The van der Waals surface area contributed by atoms with Gasteiger partial charge in [-0.3, -0.25) is 9.59 Å². The molecule has 1 N–H and O–H groups in total. The Balaban J connectivity index is 1.89. The van der Waals surface area contributed by atoms with Crippen molar-refractivity contribution >= 4 is 17.5 Å². The summed E-state index contributed by atoms with van der Waals surface area (Å²) < 4.78 is 0. The first kappa shape index (κ1) is 17.5. The number of nitrogens with one attached hydrogen (secondary N) is 1. The number of nitrogens with zero attached hydrogens (tertiary/aromatic N) is 2. The van der Waals surface area contributed by atoms with E-state index in [1.54, 1.807) is 29.2 Å². The molecule has 2 amide bonds. The summed E-state index contributed by atoms with van der Waals surface area (Å²) in [4.78, 5) is 27.9. The van der Waals surface area contributed by atoms with Gasteiger partial charge in [0.05, 0.1) is 0 Å². The highest BCUT2D eigenvalue weighted by Gasteiger charge is 2.19. The molecule has 0 aromatic heterocycles. The zero-order chi connectivity index (χ0) is 16.8. The van der Waals surface area contributed by atoms with Gasteiger partial charge in [0, 0.05) is 37.8 Å². The van der Waals surface area contributed by atoms with Gasteiger partial charge < -0.3 is 15.1 Å². The minimum Gasteiger partial charge on any atom is -0.342 e. The molecular weight excluding hydrogens is 290 g/mol. The van der Waals surface area contributed by atoms with Gasteiger partial charge in [-0.05, 0) is 57.5 Å². The Bertz CT molecular complexity index is 553. The summed E-state index contributed by atoms with van der Waals surface area (Å²) >= 11 is 0. The molecule has 5 nitrogen and oxygen atoms in total. The highest BCUT2D eigenvalue weighted by Crippen LogP contribution is 2.15. The molecule has 1 aliphatic rings. The smallest absolute Gasteiger partial charge is 0.253 e. The monoisotopic (exact) mass is 317 g/mol. The van der Waals surface area contributed by atoms with Gasteiger partial charge in [-0.15, -0.1) is 0 Å². The topological polar surface area (TPSA) is 52.7 Å². The van der Waals surface area contributed by atoms with Crippen molar-refractivity contribution < 1.29 is 9.59 Å². The fraction of sp³-hybridized carbons (Fsp3) is 0.556. The fourth-order valence-electron chi connectivity index (χ4n) is 3.00. The van der Waals surface area contributed by atoms with Crippen LogP contribution in [0, 0.1) is 0 Å². The van der Waals surface area contributed by atoms with Gasteiger partial charge in [0.15, 0.2) is 0 Å². The largest absolute Gasteiger partial charge is 0.342 e. The SMILES string of the molecule is CC(=O)Nc1cccc(C(=O)N(C)CC[C@H](C)N2CCCC2)c1. The number of benzene rings is 1. The fourth-order valence-corrected chi connectivity index (χ4v) is 3.00. The van der Waals surface area contributed by atoms with Crippen LogP contribution in [0.5, 0.6) is 0 Å². The normalized spacial score (nSPS) is 16.1. The summed E-state index contributed by atoms with van der Waals surface area (Å²) in [5, 5.41) is 2.71. The molecule has 5 heteroatoms. The third kappa shape index (κ3) is 5.06. The number of likely N-dealkylation sites (tertiary alicyclic amines) is 1. The van der Waals surface area contributed by atoms with E-state index in [2.05, 4.69) is 17.1 Å². The molecule has 0 radical (unpaired) electrons. The lowest BCUT2D eigenvalue weighted by Gasteiger charge is -2.26. The standard InChI is InChI=1S/C18H27N3O2/c1-14(21-10-4-5-11-21)9-12-20(3)18(23)16-7-6-8-17(13-16)19-15(2)22/h6-8,13-14H,4-5,9-12H2,1-3H3,(H,19,22)/t14-/m0/s1. The Morgan fingerprint density at radius 1 is 1.30 bits per heavy atom.